The molecule has 0 amide bonds. The van der Waals surface area contributed by atoms with Crippen molar-refractivity contribution in [2.24, 2.45) is 0 Å². The summed E-state index contributed by atoms with van der Waals surface area (Å²) in [5.74, 6) is 0. The SMILES string of the molecule is O=S(=O)(C1CCCCC1)C1(CO)CCC1. The Labute approximate surface area is 91.8 Å². The van der Waals surface area contributed by atoms with Gasteiger partial charge in [0.15, 0.2) is 9.84 Å². The van der Waals surface area contributed by atoms with Crippen LogP contribution in [-0.4, -0.2) is 30.1 Å². The second-order valence-corrected chi connectivity index (χ2v) is 7.62. The first-order valence-corrected chi connectivity index (χ1v) is 7.51. The van der Waals surface area contributed by atoms with Gasteiger partial charge in [-0.05, 0) is 25.7 Å². The summed E-state index contributed by atoms with van der Waals surface area (Å²) in [6.45, 7) is -0.175. The van der Waals surface area contributed by atoms with Crippen molar-refractivity contribution in [3.63, 3.8) is 0 Å². The summed E-state index contributed by atoms with van der Waals surface area (Å²) < 4.78 is 24.0. The fourth-order valence-corrected chi connectivity index (χ4v) is 5.53. The zero-order chi connectivity index (χ0) is 10.9. The molecule has 2 rings (SSSR count). The van der Waals surface area contributed by atoms with E-state index in [1.807, 2.05) is 0 Å². The molecular weight excluding hydrogens is 212 g/mol. The third-order valence-corrected chi connectivity index (χ3v) is 7.24. The van der Waals surface area contributed by atoms with Crippen LogP contribution in [0.1, 0.15) is 51.4 Å². The van der Waals surface area contributed by atoms with Crippen LogP contribution in [0.5, 0.6) is 0 Å². The third kappa shape index (κ3) is 1.72. The molecule has 0 spiro atoms. The highest BCUT2D eigenvalue weighted by Crippen LogP contribution is 2.43. The van der Waals surface area contributed by atoms with E-state index in [-0.39, 0.29) is 11.9 Å². The van der Waals surface area contributed by atoms with Crippen LogP contribution in [0.25, 0.3) is 0 Å². The molecule has 0 radical (unpaired) electrons. The molecule has 0 saturated heterocycles. The Morgan fingerprint density at radius 1 is 1.07 bits per heavy atom. The highest BCUT2D eigenvalue weighted by Gasteiger charge is 2.51. The lowest BCUT2D eigenvalue weighted by Crippen LogP contribution is -2.52. The zero-order valence-electron chi connectivity index (χ0n) is 9.11. The molecule has 0 unspecified atom stereocenters. The van der Waals surface area contributed by atoms with Crippen molar-refractivity contribution in [1.29, 1.82) is 0 Å². The van der Waals surface area contributed by atoms with Crippen LogP contribution in [0, 0.1) is 0 Å². The van der Waals surface area contributed by atoms with Gasteiger partial charge in [0.1, 0.15) is 0 Å². The van der Waals surface area contributed by atoms with Gasteiger partial charge in [-0.2, -0.15) is 0 Å². The monoisotopic (exact) mass is 232 g/mol. The van der Waals surface area contributed by atoms with Gasteiger partial charge in [-0.1, -0.05) is 25.7 Å². The second-order valence-electron chi connectivity index (χ2n) is 5.00. The Bertz CT molecular complexity index is 305. The smallest absolute Gasteiger partial charge is 0.161 e. The fourth-order valence-electron chi connectivity index (χ4n) is 2.83. The minimum Gasteiger partial charge on any atom is -0.395 e. The lowest BCUT2D eigenvalue weighted by molar-refractivity contribution is 0.180. The number of aliphatic hydroxyl groups excluding tert-OH is 1. The maximum absolute atomic E-state index is 12.4. The average molecular weight is 232 g/mol. The number of hydrogen-bond acceptors (Lipinski definition) is 3. The summed E-state index contributed by atoms with van der Waals surface area (Å²) in [6.07, 6.45) is 7.14. The van der Waals surface area contributed by atoms with Crippen LogP contribution in [0.4, 0.5) is 0 Å². The van der Waals surface area contributed by atoms with Crippen molar-refractivity contribution in [2.45, 2.75) is 61.4 Å². The minimum atomic E-state index is -3.09. The molecule has 0 aromatic heterocycles. The first kappa shape index (κ1) is 11.4. The summed E-state index contributed by atoms with van der Waals surface area (Å²) in [6, 6.07) is 0. The standard InChI is InChI=1S/C11H20O3S/c12-9-11(7-4-8-11)15(13,14)10-5-2-1-3-6-10/h10,12H,1-9H2. The molecular formula is C11H20O3S. The van der Waals surface area contributed by atoms with Crippen LogP contribution in [0.2, 0.25) is 0 Å². The topological polar surface area (TPSA) is 54.4 Å². The summed E-state index contributed by atoms with van der Waals surface area (Å²) in [5, 5.41) is 9.16. The van der Waals surface area contributed by atoms with Gasteiger partial charge < -0.3 is 5.11 Å². The minimum absolute atomic E-state index is 0.168. The predicted octanol–water partition coefficient (Wildman–Crippen LogP) is 1.65. The van der Waals surface area contributed by atoms with Crippen LogP contribution >= 0.6 is 0 Å². The summed E-state index contributed by atoms with van der Waals surface area (Å²) in [7, 11) is -3.09. The fraction of sp³-hybridized carbons (Fsp3) is 1.00. The van der Waals surface area contributed by atoms with Crippen molar-refractivity contribution >= 4 is 9.84 Å². The first-order valence-electron chi connectivity index (χ1n) is 5.97. The quantitative estimate of drug-likeness (QED) is 0.805. The molecule has 1 N–H and O–H groups in total. The lowest BCUT2D eigenvalue weighted by Gasteiger charge is -2.42. The number of hydrogen-bond donors (Lipinski definition) is 1. The molecule has 0 aromatic rings. The predicted molar refractivity (Wildman–Crippen MR) is 59.5 cm³/mol. The molecule has 0 heterocycles. The van der Waals surface area contributed by atoms with Crippen molar-refractivity contribution in [3.05, 3.63) is 0 Å². The van der Waals surface area contributed by atoms with Crippen LogP contribution < -0.4 is 0 Å². The van der Waals surface area contributed by atoms with Crippen molar-refractivity contribution < 1.29 is 13.5 Å². The molecule has 3 nitrogen and oxygen atoms in total. The molecule has 2 aliphatic carbocycles. The van der Waals surface area contributed by atoms with E-state index in [2.05, 4.69) is 0 Å². The van der Waals surface area contributed by atoms with E-state index in [1.165, 1.54) is 0 Å². The van der Waals surface area contributed by atoms with Gasteiger partial charge in [-0.15, -0.1) is 0 Å². The summed E-state index contributed by atoms with van der Waals surface area (Å²) in [5.41, 5.74) is 0. The molecule has 0 aliphatic heterocycles. The van der Waals surface area contributed by atoms with Gasteiger partial charge >= 0.3 is 0 Å². The average Bonchev–Trinajstić information content (AvgIpc) is 2.18. The van der Waals surface area contributed by atoms with Crippen LogP contribution in [0.15, 0.2) is 0 Å². The molecule has 0 aromatic carbocycles. The highest BCUT2D eigenvalue weighted by molar-refractivity contribution is 7.93. The van der Waals surface area contributed by atoms with E-state index in [0.29, 0.717) is 12.8 Å². The molecule has 2 aliphatic rings. The first-order chi connectivity index (χ1) is 7.12. The van der Waals surface area contributed by atoms with Gasteiger partial charge in [-0.25, -0.2) is 8.42 Å². The van der Waals surface area contributed by atoms with Crippen LogP contribution in [0.3, 0.4) is 0 Å². The normalized spacial score (nSPS) is 27.3. The summed E-state index contributed by atoms with van der Waals surface area (Å²) >= 11 is 0. The molecule has 2 saturated carbocycles. The van der Waals surface area contributed by atoms with Crippen LogP contribution in [-0.2, 0) is 9.84 Å². The van der Waals surface area contributed by atoms with Gasteiger partial charge in [-0.3, -0.25) is 0 Å². The van der Waals surface area contributed by atoms with E-state index in [0.717, 1.165) is 38.5 Å². The number of aliphatic hydroxyl groups is 1. The van der Waals surface area contributed by atoms with Crippen molar-refractivity contribution in [3.8, 4) is 0 Å². The molecule has 88 valence electrons. The Balaban J connectivity index is 2.17. The lowest BCUT2D eigenvalue weighted by atomic mass is 9.85. The third-order valence-electron chi connectivity index (χ3n) is 4.15. The molecule has 15 heavy (non-hydrogen) atoms. The largest absolute Gasteiger partial charge is 0.395 e. The maximum Gasteiger partial charge on any atom is 0.161 e. The van der Waals surface area contributed by atoms with E-state index >= 15 is 0 Å². The number of sulfone groups is 1. The highest BCUT2D eigenvalue weighted by atomic mass is 32.2. The van der Waals surface area contributed by atoms with Gasteiger partial charge in [0.05, 0.1) is 16.6 Å². The molecule has 0 atom stereocenters. The van der Waals surface area contributed by atoms with E-state index in [9.17, 15) is 13.5 Å². The Hall–Kier alpha value is -0.0900. The van der Waals surface area contributed by atoms with Gasteiger partial charge in [0.25, 0.3) is 0 Å². The second kappa shape index (κ2) is 4.06. The van der Waals surface area contributed by atoms with E-state index in [1.54, 1.807) is 0 Å². The zero-order valence-corrected chi connectivity index (χ0v) is 9.93. The molecule has 4 heteroatoms. The maximum atomic E-state index is 12.4. The van der Waals surface area contributed by atoms with Gasteiger partial charge in [0.2, 0.25) is 0 Å². The van der Waals surface area contributed by atoms with E-state index < -0.39 is 14.6 Å². The Morgan fingerprint density at radius 2 is 1.67 bits per heavy atom. The van der Waals surface area contributed by atoms with Crippen molar-refractivity contribution in [2.75, 3.05) is 6.61 Å². The Morgan fingerprint density at radius 3 is 2.07 bits per heavy atom. The molecule has 2 fully saturated rings. The molecule has 0 bridgehead atoms. The summed E-state index contributed by atoms with van der Waals surface area (Å²) in [4.78, 5) is 0. The van der Waals surface area contributed by atoms with E-state index in [4.69, 9.17) is 0 Å². The van der Waals surface area contributed by atoms with Gasteiger partial charge in [0, 0.05) is 0 Å². The van der Waals surface area contributed by atoms with Crippen molar-refractivity contribution in [1.82, 2.24) is 0 Å². The number of rotatable bonds is 3. The Kier molecular flexibility index (Phi) is 3.08.